The first kappa shape index (κ1) is 18.9. The van der Waals surface area contributed by atoms with E-state index in [9.17, 15) is 4.79 Å². The van der Waals surface area contributed by atoms with Crippen LogP contribution in [0.5, 0.6) is 5.75 Å². The van der Waals surface area contributed by atoms with Crippen molar-refractivity contribution in [3.05, 3.63) is 70.3 Å². The molecular formula is C20H21ClN4O2. The minimum atomic E-state index is -0.255. The highest BCUT2D eigenvalue weighted by Gasteiger charge is 2.20. The molecule has 0 N–H and O–H groups in total. The van der Waals surface area contributed by atoms with Crippen molar-refractivity contribution in [3.63, 3.8) is 0 Å². The predicted octanol–water partition coefficient (Wildman–Crippen LogP) is 3.82. The molecule has 0 bridgehead atoms. The second-order valence-corrected chi connectivity index (χ2v) is 6.78. The smallest absolute Gasteiger partial charge is 0.293 e. The molecule has 0 radical (unpaired) electrons. The Kier molecular flexibility index (Phi) is 5.46. The quantitative estimate of drug-likeness (QED) is 0.671. The minimum absolute atomic E-state index is 0.150. The van der Waals surface area contributed by atoms with Crippen LogP contribution in [0, 0.1) is 13.8 Å². The molecule has 0 aliphatic rings. The molecule has 1 heterocycles. The number of rotatable bonds is 5. The summed E-state index contributed by atoms with van der Waals surface area (Å²) in [5.74, 6) is 1.27. The summed E-state index contributed by atoms with van der Waals surface area (Å²) in [6.45, 7) is 4.21. The van der Waals surface area contributed by atoms with Crippen LogP contribution in [0.25, 0.3) is 5.69 Å². The number of aryl methyl sites for hydroxylation is 2. The van der Waals surface area contributed by atoms with Crippen molar-refractivity contribution in [2.45, 2.75) is 20.4 Å². The number of amides is 1. The lowest BCUT2D eigenvalue weighted by atomic mass is 10.1. The third kappa shape index (κ3) is 4.11. The molecule has 0 saturated carbocycles. The number of carbonyl (C=O) groups excluding carboxylic acids is 1. The van der Waals surface area contributed by atoms with E-state index in [0.717, 1.165) is 22.6 Å². The Hall–Kier alpha value is -2.86. The normalized spacial score (nSPS) is 10.7. The molecule has 0 spiro atoms. The highest BCUT2D eigenvalue weighted by atomic mass is 35.5. The van der Waals surface area contributed by atoms with Gasteiger partial charge in [-0.15, -0.1) is 5.10 Å². The number of carbonyl (C=O) groups is 1. The number of hydrogen-bond donors (Lipinski definition) is 0. The van der Waals surface area contributed by atoms with Crippen molar-refractivity contribution in [1.29, 1.82) is 0 Å². The molecule has 1 aromatic heterocycles. The number of aromatic nitrogens is 3. The molecule has 7 heteroatoms. The van der Waals surface area contributed by atoms with Crippen LogP contribution in [-0.2, 0) is 6.54 Å². The van der Waals surface area contributed by atoms with Gasteiger partial charge in [0.15, 0.2) is 0 Å². The molecule has 1 amide bonds. The van der Waals surface area contributed by atoms with Crippen molar-refractivity contribution in [1.82, 2.24) is 19.7 Å². The van der Waals surface area contributed by atoms with E-state index in [1.807, 2.05) is 44.2 Å². The second-order valence-electron chi connectivity index (χ2n) is 6.35. The van der Waals surface area contributed by atoms with E-state index >= 15 is 0 Å². The number of hydrogen-bond acceptors (Lipinski definition) is 4. The SMILES string of the molecule is COc1ccc(C)cc1CN(C)C(=O)c1nc(C)n(-c2ccc(Cl)cc2)n1. The van der Waals surface area contributed by atoms with Crippen molar-refractivity contribution in [2.75, 3.05) is 14.2 Å². The van der Waals surface area contributed by atoms with Gasteiger partial charge in [0, 0.05) is 24.2 Å². The fraction of sp³-hybridized carbons (Fsp3) is 0.250. The first-order valence-corrected chi connectivity index (χ1v) is 8.85. The molecule has 0 aliphatic heterocycles. The molecule has 3 rings (SSSR count). The van der Waals surface area contributed by atoms with Crippen LogP contribution < -0.4 is 4.74 Å². The third-order valence-electron chi connectivity index (χ3n) is 4.22. The Morgan fingerprint density at radius 3 is 2.56 bits per heavy atom. The van der Waals surface area contributed by atoms with E-state index in [0.29, 0.717) is 17.4 Å². The molecule has 0 fully saturated rings. The van der Waals surface area contributed by atoms with Crippen LogP contribution in [0.2, 0.25) is 5.02 Å². The number of halogens is 1. The van der Waals surface area contributed by atoms with Gasteiger partial charge in [-0.25, -0.2) is 9.67 Å². The standard InChI is InChI=1S/C20H21ClN4O2/c1-13-5-10-18(27-4)15(11-13)12-24(3)20(26)19-22-14(2)25(23-19)17-8-6-16(21)7-9-17/h5-11H,12H2,1-4H3. The van der Waals surface area contributed by atoms with Gasteiger partial charge >= 0.3 is 0 Å². The van der Waals surface area contributed by atoms with E-state index in [1.165, 1.54) is 0 Å². The van der Waals surface area contributed by atoms with Crippen molar-refractivity contribution in [3.8, 4) is 11.4 Å². The monoisotopic (exact) mass is 384 g/mol. The third-order valence-corrected chi connectivity index (χ3v) is 4.47. The summed E-state index contributed by atoms with van der Waals surface area (Å²) >= 11 is 5.93. The molecule has 0 aliphatic carbocycles. The van der Waals surface area contributed by atoms with Gasteiger partial charge in [0.2, 0.25) is 5.82 Å². The van der Waals surface area contributed by atoms with Crippen LogP contribution in [0.1, 0.15) is 27.6 Å². The number of nitrogens with zero attached hydrogens (tertiary/aromatic N) is 4. The van der Waals surface area contributed by atoms with E-state index < -0.39 is 0 Å². The van der Waals surface area contributed by atoms with Gasteiger partial charge in [-0.2, -0.15) is 0 Å². The zero-order valence-electron chi connectivity index (χ0n) is 15.7. The fourth-order valence-electron chi connectivity index (χ4n) is 2.84. The molecule has 0 saturated heterocycles. The second kappa shape index (κ2) is 7.80. The topological polar surface area (TPSA) is 60.2 Å². The van der Waals surface area contributed by atoms with Crippen molar-refractivity contribution < 1.29 is 9.53 Å². The van der Waals surface area contributed by atoms with E-state index in [2.05, 4.69) is 10.1 Å². The van der Waals surface area contributed by atoms with Crippen LogP contribution in [0.4, 0.5) is 0 Å². The van der Waals surface area contributed by atoms with Crippen LogP contribution in [-0.4, -0.2) is 39.7 Å². The number of ether oxygens (including phenoxy) is 1. The minimum Gasteiger partial charge on any atom is -0.496 e. The Balaban J connectivity index is 1.83. The highest BCUT2D eigenvalue weighted by molar-refractivity contribution is 6.30. The summed E-state index contributed by atoms with van der Waals surface area (Å²) in [7, 11) is 3.34. The zero-order valence-corrected chi connectivity index (χ0v) is 16.5. The van der Waals surface area contributed by atoms with Crippen LogP contribution >= 0.6 is 11.6 Å². The fourth-order valence-corrected chi connectivity index (χ4v) is 2.96. The van der Waals surface area contributed by atoms with E-state index in [-0.39, 0.29) is 11.7 Å². The van der Waals surface area contributed by atoms with E-state index in [4.69, 9.17) is 16.3 Å². The first-order valence-electron chi connectivity index (χ1n) is 8.47. The number of methoxy groups -OCH3 is 1. The van der Waals surface area contributed by atoms with Crippen molar-refractivity contribution >= 4 is 17.5 Å². The summed E-state index contributed by atoms with van der Waals surface area (Å²) in [6, 6.07) is 13.1. The highest BCUT2D eigenvalue weighted by Crippen LogP contribution is 2.21. The zero-order chi connectivity index (χ0) is 19.6. The molecule has 0 atom stereocenters. The van der Waals surface area contributed by atoms with Gasteiger partial charge in [0.25, 0.3) is 5.91 Å². The molecule has 27 heavy (non-hydrogen) atoms. The Morgan fingerprint density at radius 2 is 1.89 bits per heavy atom. The average Bonchev–Trinajstić information content (AvgIpc) is 3.03. The number of benzene rings is 2. The Labute approximate surface area is 163 Å². The molecule has 3 aromatic rings. The lowest BCUT2D eigenvalue weighted by molar-refractivity contribution is 0.0772. The van der Waals surface area contributed by atoms with Gasteiger partial charge < -0.3 is 9.64 Å². The van der Waals surface area contributed by atoms with Gasteiger partial charge in [-0.3, -0.25) is 4.79 Å². The van der Waals surface area contributed by atoms with Crippen LogP contribution in [0.15, 0.2) is 42.5 Å². The van der Waals surface area contributed by atoms with Crippen molar-refractivity contribution in [2.24, 2.45) is 0 Å². The van der Waals surface area contributed by atoms with Gasteiger partial charge in [0.05, 0.1) is 12.8 Å². The van der Waals surface area contributed by atoms with Crippen LogP contribution in [0.3, 0.4) is 0 Å². The Bertz CT molecular complexity index is 967. The molecule has 6 nitrogen and oxygen atoms in total. The van der Waals surface area contributed by atoms with Gasteiger partial charge in [0.1, 0.15) is 11.6 Å². The maximum atomic E-state index is 12.8. The van der Waals surface area contributed by atoms with Gasteiger partial charge in [-0.1, -0.05) is 29.3 Å². The lowest BCUT2D eigenvalue weighted by Crippen LogP contribution is -2.27. The molecular weight excluding hydrogens is 364 g/mol. The largest absolute Gasteiger partial charge is 0.496 e. The summed E-state index contributed by atoms with van der Waals surface area (Å²) in [6.07, 6.45) is 0. The Morgan fingerprint density at radius 1 is 1.19 bits per heavy atom. The maximum Gasteiger partial charge on any atom is 0.293 e. The molecule has 0 unspecified atom stereocenters. The molecule has 140 valence electrons. The maximum absolute atomic E-state index is 12.8. The summed E-state index contributed by atoms with van der Waals surface area (Å²) < 4.78 is 7.02. The lowest BCUT2D eigenvalue weighted by Gasteiger charge is -2.17. The predicted molar refractivity (Wildman–Crippen MR) is 105 cm³/mol. The summed E-state index contributed by atoms with van der Waals surface area (Å²) in [5.41, 5.74) is 2.83. The van der Waals surface area contributed by atoms with E-state index in [1.54, 1.807) is 35.9 Å². The molecule has 2 aromatic carbocycles. The van der Waals surface area contributed by atoms with Gasteiger partial charge in [-0.05, 0) is 44.2 Å². The summed E-state index contributed by atoms with van der Waals surface area (Å²) in [5, 5.41) is 5.01. The first-order chi connectivity index (χ1) is 12.9. The average molecular weight is 385 g/mol. The summed E-state index contributed by atoms with van der Waals surface area (Å²) in [4.78, 5) is 18.7.